The van der Waals surface area contributed by atoms with E-state index in [1.807, 2.05) is 24.5 Å². The van der Waals surface area contributed by atoms with Crippen molar-refractivity contribution in [3.8, 4) is 0 Å². The Balaban J connectivity index is 1.83. The van der Waals surface area contributed by atoms with Crippen LogP contribution in [0.5, 0.6) is 0 Å². The molecule has 0 saturated heterocycles. The molecule has 4 nitrogen and oxygen atoms in total. The molecule has 0 fully saturated rings. The molecule has 0 radical (unpaired) electrons. The molecular weight excluding hydrogens is 280 g/mol. The van der Waals surface area contributed by atoms with Gasteiger partial charge < -0.3 is 5.32 Å². The van der Waals surface area contributed by atoms with E-state index < -0.39 is 0 Å². The number of rotatable bonds is 6. The fourth-order valence-corrected chi connectivity index (χ4v) is 2.96. The van der Waals surface area contributed by atoms with Crippen molar-refractivity contribution in [2.75, 3.05) is 5.32 Å². The number of nitrogens with one attached hydrogen (secondary N) is 1. The predicted octanol–water partition coefficient (Wildman–Crippen LogP) is 4.04. The van der Waals surface area contributed by atoms with Crippen LogP contribution in [-0.4, -0.2) is 15.0 Å². The number of unbranched alkanes of at least 4 members (excludes halogenated alkanes) is 1. The van der Waals surface area contributed by atoms with E-state index in [1.165, 1.54) is 5.56 Å². The van der Waals surface area contributed by atoms with E-state index in [0.29, 0.717) is 0 Å². The average molecular weight is 298 g/mol. The lowest BCUT2D eigenvalue weighted by Crippen LogP contribution is -2.05. The lowest BCUT2D eigenvalue weighted by atomic mass is 10.2. The lowest BCUT2D eigenvalue weighted by Gasteiger charge is -2.08. The van der Waals surface area contributed by atoms with Crippen LogP contribution in [0, 0.1) is 0 Å². The SMILES string of the molecule is CCCCc1nc(NCc2ccncc2)c2sccc2n1. The first-order valence-electron chi connectivity index (χ1n) is 7.23. The maximum Gasteiger partial charge on any atom is 0.148 e. The third-order valence-corrected chi connectivity index (χ3v) is 4.22. The molecule has 0 atom stereocenters. The first kappa shape index (κ1) is 13.9. The van der Waals surface area contributed by atoms with Gasteiger partial charge in [0, 0.05) is 25.4 Å². The molecule has 21 heavy (non-hydrogen) atoms. The number of aryl methyl sites for hydroxylation is 1. The maximum atomic E-state index is 4.70. The molecular formula is C16H18N4S. The zero-order valence-corrected chi connectivity index (χ0v) is 12.9. The molecule has 0 unspecified atom stereocenters. The summed E-state index contributed by atoms with van der Waals surface area (Å²) < 4.78 is 1.13. The standard InChI is InChI=1S/C16H18N4S/c1-2-3-4-14-19-13-7-10-21-15(13)16(20-14)18-11-12-5-8-17-9-6-12/h5-10H,2-4,11H2,1H3,(H,18,19,20). The summed E-state index contributed by atoms with van der Waals surface area (Å²) in [6.45, 7) is 2.94. The normalized spacial score (nSPS) is 10.9. The molecule has 0 saturated carbocycles. The molecule has 0 spiro atoms. The Bertz CT molecular complexity index is 709. The summed E-state index contributed by atoms with van der Waals surface area (Å²) in [4.78, 5) is 13.4. The first-order chi connectivity index (χ1) is 10.4. The van der Waals surface area contributed by atoms with E-state index >= 15 is 0 Å². The molecule has 108 valence electrons. The van der Waals surface area contributed by atoms with Gasteiger partial charge in [-0.25, -0.2) is 9.97 Å². The van der Waals surface area contributed by atoms with Crippen LogP contribution in [0.25, 0.3) is 10.2 Å². The highest BCUT2D eigenvalue weighted by Crippen LogP contribution is 2.26. The van der Waals surface area contributed by atoms with Gasteiger partial charge in [0.2, 0.25) is 0 Å². The third kappa shape index (κ3) is 3.36. The molecule has 0 aliphatic rings. The number of fused-ring (bicyclic) bond motifs is 1. The Morgan fingerprint density at radius 3 is 2.81 bits per heavy atom. The topological polar surface area (TPSA) is 50.7 Å². The molecule has 3 rings (SSSR count). The average Bonchev–Trinajstić information content (AvgIpc) is 3.00. The highest BCUT2D eigenvalue weighted by Gasteiger charge is 2.08. The summed E-state index contributed by atoms with van der Waals surface area (Å²) in [6.07, 6.45) is 6.84. The van der Waals surface area contributed by atoms with Gasteiger partial charge in [-0.2, -0.15) is 0 Å². The van der Waals surface area contributed by atoms with Crippen molar-refractivity contribution in [1.29, 1.82) is 0 Å². The number of hydrogen-bond donors (Lipinski definition) is 1. The fraction of sp³-hybridized carbons (Fsp3) is 0.312. The van der Waals surface area contributed by atoms with Crippen LogP contribution in [0.4, 0.5) is 5.82 Å². The zero-order chi connectivity index (χ0) is 14.5. The highest BCUT2D eigenvalue weighted by atomic mass is 32.1. The van der Waals surface area contributed by atoms with Gasteiger partial charge in [-0.15, -0.1) is 11.3 Å². The molecule has 3 aromatic rings. The number of nitrogens with zero attached hydrogens (tertiary/aromatic N) is 3. The van der Waals surface area contributed by atoms with Gasteiger partial charge in [0.1, 0.15) is 11.6 Å². The van der Waals surface area contributed by atoms with E-state index in [4.69, 9.17) is 4.98 Å². The second kappa shape index (κ2) is 6.63. The summed E-state index contributed by atoms with van der Waals surface area (Å²) in [5.74, 6) is 1.87. The van der Waals surface area contributed by atoms with Crippen molar-refractivity contribution in [3.05, 3.63) is 47.4 Å². The highest BCUT2D eigenvalue weighted by molar-refractivity contribution is 7.17. The molecule has 0 aromatic carbocycles. The van der Waals surface area contributed by atoms with Gasteiger partial charge in [0.25, 0.3) is 0 Å². The second-order valence-corrected chi connectivity index (χ2v) is 5.85. The Kier molecular flexibility index (Phi) is 4.40. The van der Waals surface area contributed by atoms with Crippen LogP contribution in [0.1, 0.15) is 31.2 Å². The zero-order valence-electron chi connectivity index (χ0n) is 12.0. The number of anilines is 1. The molecule has 1 N–H and O–H groups in total. The van der Waals surface area contributed by atoms with Crippen molar-refractivity contribution in [2.45, 2.75) is 32.7 Å². The summed E-state index contributed by atoms with van der Waals surface area (Å²) in [6, 6.07) is 6.09. The molecule has 3 aromatic heterocycles. The Hall–Kier alpha value is -2.01. The Morgan fingerprint density at radius 1 is 1.14 bits per heavy atom. The summed E-state index contributed by atoms with van der Waals surface area (Å²) >= 11 is 1.68. The number of aromatic nitrogens is 3. The molecule has 0 aliphatic carbocycles. The van der Waals surface area contributed by atoms with E-state index in [2.05, 4.69) is 33.7 Å². The second-order valence-electron chi connectivity index (χ2n) is 4.94. The van der Waals surface area contributed by atoms with Crippen LogP contribution in [-0.2, 0) is 13.0 Å². The van der Waals surface area contributed by atoms with Crippen LogP contribution in [0.2, 0.25) is 0 Å². The van der Waals surface area contributed by atoms with E-state index in [9.17, 15) is 0 Å². The lowest BCUT2D eigenvalue weighted by molar-refractivity contribution is 0.757. The van der Waals surface area contributed by atoms with Crippen molar-refractivity contribution in [1.82, 2.24) is 15.0 Å². The van der Waals surface area contributed by atoms with Crippen molar-refractivity contribution in [2.24, 2.45) is 0 Å². The number of pyridine rings is 1. The van der Waals surface area contributed by atoms with E-state index in [0.717, 1.165) is 47.7 Å². The van der Waals surface area contributed by atoms with Crippen molar-refractivity contribution >= 4 is 27.4 Å². The Labute approximate surface area is 128 Å². The predicted molar refractivity (Wildman–Crippen MR) is 87.6 cm³/mol. The van der Waals surface area contributed by atoms with Gasteiger partial charge >= 0.3 is 0 Å². The minimum absolute atomic E-state index is 0.750. The monoisotopic (exact) mass is 298 g/mol. The summed E-state index contributed by atoms with van der Waals surface area (Å²) in [5, 5.41) is 5.51. The van der Waals surface area contributed by atoms with Gasteiger partial charge in [-0.05, 0) is 35.6 Å². The van der Waals surface area contributed by atoms with Gasteiger partial charge in [-0.1, -0.05) is 13.3 Å². The minimum Gasteiger partial charge on any atom is -0.365 e. The van der Waals surface area contributed by atoms with E-state index in [1.54, 1.807) is 11.3 Å². The van der Waals surface area contributed by atoms with E-state index in [-0.39, 0.29) is 0 Å². The first-order valence-corrected chi connectivity index (χ1v) is 8.11. The van der Waals surface area contributed by atoms with Crippen LogP contribution >= 0.6 is 11.3 Å². The quantitative estimate of drug-likeness (QED) is 0.746. The summed E-state index contributed by atoms with van der Waals surface area (Å²) in [5.41, 5.74) is 2.24. The largest absolute Gasteiger partial charge is 0.365 e. The van der Waals surface area contributed by atoms with Crippen LogP contribution in [0.3, 0.4) is 0 Å². The van der Waals surface area contributed by atoms with Crippen LogP contribution in [0.15, 0.2) is 36.0 Å². The molecule has 0 aliphatic heterocycles. The number of thiophene rings is 1. The van der Waals surface area contributed by atoms with Gasteiger partial charge in [0.15, 0.2) is 0 Å². The molecule has 0 amide bonds. The Morgan fingerprint density at radius 2 is 2.00 bits per heavy atom. The maximum absolute atomic E-state index is 4.70. The fourth-order valence-electron chi connectivity index (χ4n) is 2.16. The van der Waals surface area contributed by atoms with Crippen molar-refractivity contribution in [3.63, 3.8) is 0 Å². The molecule has 3 heterocycles. The van der Waals surface area contributed by atoms with Gasteiger partial charge in [0.05, 0.1) is 10.2 Å². The summed E-state index contributed by atoms with van der Waals surface area (Å²) in [7, 11) is 0. The molecule has 5 heteroatoms. The minimum atomic E-state index is 0.750. The third-order valence-electron chi connectivity index (χ3n) is 3.31. The smallest absolute Gasteiger partial charge is 0.148 e. The molecule has 0 bridgehead atoms. The van der Waals surface area contributed by atoms with Crippen molar-refractivity contribution < 1.29 is 0 Å². The van der Waals surface area contributed by atoms with Gasteiger partial charge in [-0.3, -0.25) is 4.98 Å². The van der Waals surface area contributed by atoms with Crippen LogP contribution < -0.4 is 5.32 Å². The number of hydrogen-bond acceptors (Lipinski definition) is 5.